The van der Waals surface area contributed by atoms with E-state index in [1.54, 1.807) is 19.1 Å². The Morgan fingerprint density at radius 1 is 1.36 bits per heavy atom. The molecule has 1 aromatic heterocycles. The first-order valence-corrected chi connectivity index (χ1v) is 9.04. The molecule has 0 spiro atoms. The van der Waals surface area contributed by atoms with Crippen LogP contribution >= 0.6 is 22.9 Å². The smallest absolute Gasteiger partial charge is 0.326 e. The van der Waals surface area contributed by atoms with Gasteiger partial charge < -0.3 is 10.1 Å². The molecule has 136 valence electrons. The second-order valence-corrected chi connectivity index (χ2v) is 7.66. The highest BCUT2D eigenvalue weighted by atomic mass is 35.5. The summed E-state index contributed by atoms with van der Waals surface area (Å²) < 4.78 is 5.34. The highest BCUT2D eigenvalue weighted by Crippen LogP contribution is 2.24. The molecule has 0 bridgehead atoms. The summed E-state index contributed by atoms with van der Waals surface area (Å²) in [5, 5.41) is 2.61. The quantitative estimate of drug-likeness (QED) is 0.421. The maximum Gasteiger partial charge on any atom is 0.326 e. The van der Waals surface area contributed by atoms with Crippen LogP contribution < -0.4 is 5.32 Å². The average Bonchev–Trinajstić information content (AvgIpc) is 3.08. The van der Waals surface area contributed by atoms with Gasteiger partial charge in [0, 0.05) is 0 Å². The molecule has 0 aliphatic carbocycles. The van der Waals surface area contributed by atoms with Crippen LogP contribution in [0.15, 0.2) is 12.1 Å². The van der Waals surface area contributed by atoms with Gasteiger partial charge in [0.2, 0.25) is 5.78 Å². The van der Waals surface area contributed by atoms with Gasteiger partial charge in [-0.2, -0.15) is 0 Å². The average molecular weight is 387 g/mol. The van der Waals surface area contributed by atoms with Crippen molar-refractivity contribution in [1.82, 2.24) is 10.2 Å². The molecule has 1 aliphatic heterocycles. The molecule has 1 aromatic rings. The zero-order valence-corrected chi connectivity index (χ0v) is 15.5. The fraction of sp³-hybridized carbons (Fsp3) is 0.500. The van der Waals surface area contributed by atoms with Crippen molar-refractivity contribution in [3.05, 3.63) is 21.3 Å². The maximum absolute atomic E-state index is 12.4. The van der Waals surface area contributed by atoms with E-state index in [2.05, 4.69) is 5.32 Å². The number of halogens is 1. The van der Waals surface area contributed by atoms with Gasteiger partial charge in [-0.25, -0.2) is 4.79 Å². The Balaban J connectivity index is 1.88. The van der Waals surface area contributed by atoms with Crippen molar-refractivity contribution in [3.8, 4) is 0 Å². The minimum atomic E-state index is -1.00. The van der Waals surface area contributed by atoms with Crippen molar-refractivity contribution in [2.45, 2.75) is 38.6 Å². The number of thiophene rings is 1. The van der Waals surface area contributed by atoms with Crippen LogP contribution in [0.1, 0.15) is 42.8 Å². The fourth-order valence-corrected chi connectivity index (χ4v) is 3.41. The van der Waals surface area contributed by atoms with Gasteiger partial charge in [-0.15, -0.1) is 11.3 Å². The van der Waals surface area contributed by atoms with Gasteiger partial charge in [-0.3, -0.25) is 19.3 Å². The van der Waals surface area contributed by atoms with Crippen molar-refractivity contribution in [3.63, 3.8) is 0 Å². The van der Waals surface area contributed by atoms with Gasteiger partial charge >= 0.3 is 12.0 Å². The molecule has 9 heteroatoms. The third kappa shape index (κ3) is 4.58. The van der Waals surface area contributed by atoms with E-state index in [-0.39, 0.29) is 0 Å². The predicted octanol–water partition coefficient (Wildman–Crippen LogP) is 2.63. The normalized spacial score (nSPS) is 19.9. The van der Waals surface area contributed by atoms with Gasteiger partial charge in [-0.05, 0) is 25.5 Å². The minimum absolute atomic E-state index is 0.375. The summed E-state index contributed by atoms with van der Waals surface area (Å²) >= 11 is 6.83. The molecule has 0 unspecified atom stereocenters. The topological polar surface area (TPSA) is 92.8 Å². The third-order valence-electron chi connectivity index (χ3n) is 3.87. The highest BCUT2D eigenvalue weighted by molar-refractivity contribution is 7.18. The number of Topliss-reactive ketones (excluding diaryl/α,β-unsaturated/α-hetero) is 1. The number of carbonyl (C=O) groups is 4. The molecule has 1 fully saturated rings. The number of rotatable bonds is 8. The molecule has 1 N–H and O–H groups in total. The number of esters is 1. The van der Waals surface area contributed by atoms with Gasteiger partial charge in [0.05, 0.1) is 9.21 Å². The van der Waals surface area contributed by atoms with Crippen LogP contribution in [0.3, 0.4) is 0 Å². The number of carbonyl (C=O) groups excluding carboxylic acids is 4. The fourth-order valence-electron chi connectivity index (χ4n) is 2.45. The summed E-state index contributed by atoms with van der Waals surface area (Å²) in [5.74, 6) is -1.67. The molecule has 1 atom stereocenters. The highest BCUT2D eigenvalue weighted by Gasteiger charge is 2.47. The van der Waals surface area contributed by atoms with Crippen molar-refractivity contribution in [1.29, 1.82) is 0 Å². The van der Waals surface area contributed by atoms with Crippen molar-refractivity contribution >= 4 is 46.6 Å². The van der Waals surface area contributed by atoms with E-state index in [0.29, 0.717) is 15.6 Å². The molecular weight excluding hydrogens is 368 g/mol. The molecular formula is C16H19ClN2O5S. The van der Waals surface area contributed by atoms with Gasteiger partial charge in [0.1, 0.15) is 12.1 Å². The van der Waals surface area contributed by atoms with Crippen LogP contribution in [0.25, 0.3) is 0 Å². The van der Waals surface area contributed by atoms with Crippen molar-refractivity contribution < 1.29 is 23.9 Å². The van der Waals surface area contributed by atoms with E-state index in [1.807, 2.05) is 6.92 Å². The van der Waals surface area contributed by atoms with Gasteiger partial charge in [-0.1, -0.05) is 31.4 Å². The SMILES string of the molecule is CCCC[C@@]1(C)NC(=O)N(CC(=O)OCC(=O)c2ccc(Cl)s2)C1=O. The molecule has 2 heterocycles. The first-order chi connectivity index (χ1) is 11.8. The Bertz CT molecular complexity index is 704. The number of nitrogens with one attached hydrogen (secondary N) is 1. The number of ether oxygens (including phenoxy) is 1. The molecule has 1 aliphatic rings. The Labute approximate surface area is 154 Å². The Kier molecular flexibility index (Phi) is 6.18. The van der Waals surface area contributed by atoms with Crippen LogP contribution in [-0.4, -0.2) is 47.3 Å². The summed E-state index contributed by atoms with van der Waals surface area (Å²) in [5.41, 5.74) is -1.00. The van der Waals surface area contributed by atoms with E-state index in [4.69, 9.17) is 16.3 Å². The molecule has 2 rings (SSSR count). The number of ketones is 1. The molecule has 3 amide bonds. The van der Waals surface area contributed by atoms with Crippen molar-refractivity contribution in [2.75, 3.05) is 13.2 Å². The van der Waals surface area contributed by atoms with E-state index in [0.717, 1.165) is 29.1 Å². The number of hydrogen-bond acceptors (Lipinski definition) is 6. The van der Waals surface area contributed by atoms with Crippen LogP contribution in [0.2, 0.25) is 4.34 Å². The lowest BCUT2D eigenvalue weighted by Gasteiger charge is -2.20. The zero-order valence-electron chi connectivity index (χ0n) is 14.0. The van der Waals surface area contributed by atoms with Gasteiger partial charge in [0.25, 0.3) is 5.91 Å². The Hall–Kier alpha value is -1.93. The molecule has 7 nitrogen and oxygen atoms in total. The first-order valence-electron chi connectivity index (χ1n) is 7.85. The van der Waals surface area contributed by atoms with Crippen molar-refractivity contribution in [2.24, 2.45) is 0 Å². The standard InChI is InChI=1S/C16H19ClN2O5S/c1-3-4-7-16(2)14(22)19(15(23)18-16)8-13(21)24-9-10(20)11-5-6-12(17)25-11/h5-6H,3-4,7-9H2,1-2H3,(H,18,23)/t16-/m1/s1. The lowest BCUT2D eigenvalue weighted by molar-refractivity contribution is -0.146. The van der Waals surface area contributed by atoms with E-state index in [1.165, 1.54) is 0 Å². The van der Waals surface area contributed by atoms with E-state index >= 15 is 0 Å². The number of urea groups is 1. The summed E-state index contributed by atoms with van der Waals surface area (Å²) in [4.78, 5) is 49.3. The lowest BCUT2D eigenvalue weighted by Crippen LogP contribution is -2.44. The number of amides is 3. The van der Waals surface area contributed by atoms with Crippen LogP contribution in [0.4, 0.5) is 4.79 Å². The molecule has 0 aromatic carbocycles. The molecule has 0 radical (unpaired) electrons. The number of nitrogens with zero attached hydrogens (tertiary/aromatic N) is 1. The summed E-state index contributed by atoms with van der Waals surface area (Å²) in [7, 11) is 0. The Morgan fingerprint density at radius 2 is 2.08 bits per heavy atom. The molecule has 25 heavy (non-hydrogen) atoms. The van der Waals surface area contributed by atoms with Gasteiger partial charge in [0.15, 0.2) is 6.61 Å². The number of unbranched alkanes of at least 4 members (excludes halogenated alkanes) is 1. The van der Waals surface area contributed by atoms with Crippen LogP contribution in [-0.2, 0) is 14.3 Å². The molecule has 1 saturated heterocycles. The van der Waals surface area contributed by atoms with E-state index < -0.39 is 42.4 Å². The second-order valence-electron chi connectivity index (χ2n) is 5.94. The molecule has 0 saturated carbocycles. The van der Waals surface area contributed by atoms with Crippen LogP contribution in [0.5, 0.6) is 0 Å². The Morgan fingerprint density at radius 3 is 2.68 bits per heavy atom. The third-order valence-corrected chi connectivity index (χ3v) is 5.15. The number of hydrogen-bond donors (Lipinski definition) is 1. The van der Waals surface area contributed by atoms with E-state index in [9.17, 15) is 19.2 Å². The van der Waals surface area contributed by atoms with Crippen LogP contribution in [0, 0.1) is 0 Å². The maximum atomic E-state index is 12.4. The first kappa shape index (κ1) is 19.4. The minimum Gasteiger partial charge on any atom is -0.456 e. The summed E-state index contributed by atoms with van der Waals surface area (Å²) in [6, 6.07) is 2.49. The zero-order chi connectivity index (χ0) is 18.6. The predicted molar refractivity (Wildman–Crippen MR) is 92.8 cm³/mol. The largest absolute Gasteiger partial charge is 0.456 e. The monoisotopic (exact) mass is 386 g/mol. The summed E-state index contributed by atoms with van der Waals surface area (Å²) in [6.07, 6.45) is 2.16. The summed E-state index contributed by atoms with van der Waals surface area (Å²) in [6.45, 7) is 2.63. The lowest BCUT2D eigenvalue weighted by atomic mass is 9.95. The second kappa shape index (κ2) is 7.97. The number of imide groups is 1.